The van der Waals surface area contributed by atoms with Gasteiger partial charge in [0.2, 0.25) is 0 Å². The van der Waals surface area contributed by atoms with E-state index >= 15 is 0 Å². The molecule has 0 aromatic heterocycles. The number of aryl methyl sites for hydroxylation is 1. The van der Waals surface area contributed by atoms with Crippen molar-refractivity contribution >= 4 is 21.5 Å². The van der Waals surface area contributed by atoms with Crippen LogP contribution in [0.4, 0.5) is 0 Å². The van der Waals surface area contributed by atoms with Gasteiger partial charge in [-0.25, -0.2) is 4.89 Å². The number of rotatable bonds is 29. The van der Waals surface area contributed by atoms with Crippen LogP contribution in [0.2, 0.25) is 0 Å². The highest BCUT2D eigenvalue weighted by Crippen LogP contribution is 2.39. The molecule has 0 aliphatic heterocycles. The van der Waals surface area contributed by atoms with Gasteiger partial charge in [0.1, 0.15) is 5.75 Å². The van der Waals surface area contributed by atoms with E-state index in [9.17, 15) is 0 Å². The number of hydrogen-bond donors (Lipinski definition) is 0. The molecule has 0 heterocycles. The quantitative estimate of drug-likeness (QED) is 0.0253. The Morgan fingerprint density at radius 3 is 1.60 bits per heavy atom. The smallest absolute Gasteiger partial charge is 0.168 e. The van der Waals surface area contributed by atoms with Crippen molar-refractivity contribution in [2.45, 2.75) is 141 Å². The summed E-state index contributed by atoms with van der Waals surface area (Å²) in [6, 6.07) is 42.8. The molecule has 12 heteroatoms. The number of ether oxygens (including phenoxy) is 1. The highest BCUT2D eigenvalue weighted by Gasteiger charge is 2.23. The Hall–Kier alpha value is -4.96. The van der Waals surface area contributed by atoms with Crippen molar-refractivity contribution in [3.8, 4) is 22.6 Å². The molecular formula is C58H70O12. The van der Waals surface area contributed by atoms with Crippen molar-refractivity contribution in [1.82, 2.24) is 0 Å². The van der Waals surface area contributed by atoms with Gasteiger partial charge >= 0.3 is 0 Å². The highest BCUT2D eigenvalue weighted by molar-refractivity contribution is 6.05. The molecule has 6 aromatic carbocycles. The molecule has 6 aromatic rings. The molecule has 374 valence electrons. The maximum atomic E-state index is 6.16. The lowest BCUT2D eigenvalue weighted by Crippen LogP contribution is -2.13. The second-order valence-corrected chi connectivity index (χ2v) is 19.3. The van der Waals surface area contributed by atoms with Crippen LogP contribution in [0.3, 0.4) is 0 Å². The van der Waals surface area contributed by atoms with Crippen molar-refractivity contribution in [3.63, 3.8) is 0 Å². The van der Waals surface area contributed by atoms with E-state index in [1.54, 1.807) is 12.1 Å². The number of hydrogen-bond acceptors (Lipinski definition) is 12. The van der Waals surface area contributed by atoms with E-state index in [2.05, 4.69) is 156 Å². The molecule has 0 N–H and O–H groups in total. The maximum Gasteiger partial charge on any atom is 0.168 e. The first-order valence-corrected chi connectivity index (χ1v) is 25.8. The van der Waals surface area contributed by atoms with E-state index in [1.807, 2.05) is 12.1 Å². The molecule has 0 bridgehead atoms. The lowest BCUT2D eigenvalue weighted by molar-refractivity contribution is -0.852. The first kappa shape index (κ1) is 51.4. The van der Waals surface area contributed by atoms with Gasteiger partial charge in [0.15, 0.2) is 5.75 Å². The molecule has 2 aliphatic carbocycles. The zero-order chi connectivity index (χ0) is 48.0. The summed E-state index contributed by atoms with van der Waals surface area (Å²) in [7, 11) is 0. The summed E-state index contributed by atoms with van der Waals surface area (Å²) < 4.78 is 6.16. The predicted molar refractivity (Wildman–Crippen MR) is 267 cm³/mol. The maximum absolute atomic E-state index is 6.16. The summed E-state index contributed by atoms with van der Waals surface area (Å²) in [5, 5.41) is 42.8. The van der Waals surface area contributed by atoms with E-state index in [0.29, 0.717) is 24.0 Å². The molecule has 2 aliphatic rings. The third-order valence-electron chi connectivity index (χ3n) is 14.5. The zero-order valence-electron chi connectivity index (χ0n) is 40.9. The molecular weight excluding hydrogens is 889 g/mol. The predicted octanol–water partition coefficient (Wildman–Crippen LogP) is 15.9. The fraction of sp³-hybridized carbons (Fsp3) is 0.448. The zero-order valence-corrected chi connectivity index (χ0v) is 40.9. The van der Waals surface area contributed by atoms with Crippen LogP contribution in [-0.4, -0.2) is 13.2 Å². The standard InChI is InChI=1S/C58H70O12/c1-3-4-7-12-44-20-26-48(27-21-44)49-30-34-53(35-31-49)59-39-9-6-5-8-13-45-22-28-51-14-10-16-55(57(51)41-45)56-17-11-15-52-29-23-46(42-58(52)56)38-40-60-62-64-66-68-70-69-67-65-63-61-54-36-32-50(33-37-54)47-24-18-43(2)19-25-47/h10-11,14-17,22-23,28-37,41-44,47-48H,3-9,12-13,18-21,24-27,38-40H2,1-2H3. The molecule has 8 rings (SSSR count). The molecule has 0 radical (unpaired) electrons. The van der Waals surface area contributed by atoms with Crippen LogP contribution in [0.25, 0.3) is 32.7 Å². The van der Waals surface area contributed by atoms with Crippen LogP contribution in [0.15, 0.2) is 121 Å². The average Bonchev–Trinajstić information content (AvgIpc) is 3.40. The van der Waals surface area contributed by atoms with E-state index in [1.165, 1.54) is 122 Å². The third kappa shape index (κ3) is 15.8. The van der Waals surface area contributed by atoms with Crippen molar-refractivity contribution in [2.24, 2.45) is 11.8 Å². The summed E-state index contributed by atoms with van der Waals surface area (Å²) in [5.41, 5.74) is 7.55. The molecule has 0 saturated heterocycles. The second kappa shape index (κ2) is 28.2. The molecule has 12 nitrogen and oxygen atoms in total. The monoisotopic (exact) mass is 958 g/mol. The van der Waals surface area contributed by atoms with Gasteiger partial charge in [-0.15, -0.1) is 0 Å². The summed E-state index contributed by atoms with van der Waals surface area (Å²) in [5.74, 6) is 4.43. The highest BCUT2D eigenvalue weighted by atomic mass is 17.9. The fourth-order valence-electron chi connectivity index (χ4n) is 10.4. The van der Waals surface area contributed by atoms with E-state index < -0.39 is 0 Å². The van der Waals surface area contributed by atoms with Gasteiger partial charge in [0.05, 0.1) is 13.2 Å². The summed E-state index contributed by atoms with van der Waals surface area (Å²) in [4.78, 5) is 10.0. The van der Waals surface area contributed by atoms with Crippen LogP contribution in [0.5, 0.6) is 11.5 Å². The van der Waals surface area contributed by atoms with Crippen molar-refractivity contribution < 1.29 is 59.9 Å². The van der Waals surface area contributed by atoms with Crippen LogP contribution < -0.4 is 9.62 Å². The molecule has 0 atom stereocenters. The van der Waals surface area contributed by atoms with Gasteiger partial charge in [0, 0.05) is 25.2 Å². The fourth-order valence-corrected chi connectivity index (χ4v) is 10.4. The van der Waals surface area contributed by atoms with Crippen molar-refractivity contribution in [2.75, 3.05) is 13.2 Å². The first-order chi connectivity index (χ1) is 34.6. The molecule has 0 amide bonds. The summed E-state index contributed by atoms with van der Waals surface area (Å²) in [6.45, 7) is 5.52. The minimum absolute atomic E-state index is 0.157. The minimum Gasteiger partial charge on any atom is -0.494 e. The molecule has 2 fully saturated rings. The lowest BCUT2D eigenvalue weighted by atomic mass is 9.77. The molecule has 0 spiro atoms. The van der Waals surface area contributed by atoms with Gasteiger partial charge in [0.25, 0.3) is 0 Å². The van der Waals surface area contributed by atoms with Gasteiger partial charge in [-0.3, -0.25) is 0 Å². The van der Waals surface area contributed by atoms with Crippen LogP contribution in [0, 0.1) is 11.8 Å². The Morgan fingerprint density at radius 1 is 0.443 bits per heavy atom. The largest absolute Gasteiger partial charge is 0.494 e. The summed E-state index contributed by atoms with van der Waals surface area (Å²) >= 11 is 0. The summed E-state index contributed by atoms with van der Waals surface area (Å²) in [6.07, 6.45) is 22.0. The minimum atomic E-state index is 0.157. The Balaban J connectivity index is 0.696. The second-order valence-electron chi connectivity index (χ2n) is 19.3. The van der Waals surface area contributed by atoms with Gasteiger partial charge in [-0.2, -0.15) is 0 Å². The van der Waals surface area contributed by atoms with E-state index in [0.717, 1.165) is 66.2 Å². The Labute approximate surface area is 412 Å². The Morgan fingerprint density at radius 2 is 0.986 bits per heavy atom. The van der Waals surface area contributed by atoms with Gasteiger partial charge < -0.3 is 9.62 Å². The molecule has 0 unspecified atom stereocenters. The third-order valence-corrected chi connectivity index (χ3v) is 14.5. The van der Waals surface area contributed by atoms with Crippen molar-refractivity contribution in [1.29, 1.82) is 0 Å². The van der Waals surface area contributed by atoms with E-state index in [-0.39, 0.29) is 6.61 Å². The average molecular weight is 959 g/mol. The SMILES string of the molecule is CCCCCC1CCC(c2ccc(OCCCCCCc3ccc4cccc(-c5cccc6ccc(CCOOOOOOOOOOOc7ccc(C8CCC(C)CC8)cc7)cc56)c4c3)cc2)CC1. The van der Waals surface area contributed by atoms with E-state index in [4.69, 9.17) is 14.5 Å². The van der Waals surface area contributed by atoms with Crippen molar-refractivity contribution in [3.05, 3.63) is 144 Å². The van der Waals surface area contributed by atoms with Gasteiger partial charge in [-0.05, 0) is 187 Å². The van der Waals surface area contributed by atoms with Gasteiger partial charge in [-0.1, -0.05) is 162 Å². The lowest BCUT2D eigenvalue weighted by Gasteiger charge is -2.29. The number of fused-ring (bicyclic) bond motifs is 2. The van der Waals surface area contributed by atoms with Crippen LogP contribution >= 0.6 is 0 Å². The molecule has 70 heavy (non-hydrogen) atoms. The number of benzene rings is 6. The van der Waals surface area contributed by atoms with Crippen LogP contribution in [-0.2, 0) is 63.1 Å². The normalized spacial score (nSPS) is 18.4. The Kier molecular flexibility index (Phi) is 20.7. The number of unbranched alkanes of at least 4 members (excludes halogenated alkanes) is 5. The Bertz CT molecular complexity index is 2430. The first-order valence-electron chi connectivity index (χ1n) is 25.8. The molecule has 2 saturated carbocycles. The topological polar surface area (TPSA) is 111 Å². The van der Waals surface area contributed by atoms with Crippen LogP contribution in [0.1, 0.15) is 151 Å².